The Hall–Kier alpha value is -2.25. The summed E-state index contributed by atoms with van der Waals surface area (Å²) in [5, 5.41) is 0. The van der Waals surface area contributed by atoms with Crippen LogP contribution in [0.15, 0.2) is 0 Å². The van der Waals surface area contributed by atoms with Gasteiger partial charge in [-0.3, -0.25) is 14.4 Å². The Balaban J connectivity index is 0.000000450. The molecule has 8 heteroatoms. The first-order valence-electron chi connectivity index (χ1n) is 11.2. The Labute approximate surface area is 185 Å². The van der Waals surface area contributed by atoms with Crippen LogP contribution in [0.1, 0.15) is 79.6 Å². The zero-order valence-electron chi connectivity index (χ0n) is 19.6. The average molecular weight is 443 g/mol. The minimum Gasteiger partial charge on any atom is -0.465 e. The van der Waals surface area contributed by atoms with Crippen molar-refractivity contribution in [1.29, 1.82) is 0 Å². The third-order valence-electron chi connectivity index (χ3n) is 4.90. The highest BCUT2D eigenvalue weighted by molar-refractivity contribution is 6.29. The molecule has 31 heavy (non-hydrogen) atoms. The fourth-order valence-corrected chi connectivity index (χ4v) is 3.31. The molecule has 8 nitrogen and oxygen atoms in total. The normalized spacial score (nSPS) is 22.7. The van der Waals surface area contributed by atoms with Gasteiger partial charge in [0.15, 0.2) is 0 Å². The van der Waals surface area contributed by atoms with Gasteiger partial charge in [-0.15, -0.1) is 0 Å². The molecule has 2 fully saturated rings. The summed E-state index contributed by atoms with van der Waals surface area (Å²) in [5.74, 6) is -1.06. The number of hydrogen-bond acceptors (Lipinski definition) is 8. The number of Topliss-reactive ketones (excluding diaryl/α,β-unsaturated/α-hetero) is 2. The maximum Gasteiger partial charge on any atom is 0.417 e. The maximum absolute atomic E-state index is 11.4. The number of carbonyl (C=O) groups excluding carboxylic acids is 5. The number of esters is 3. The Bertz CT molecular complexity index is 574. The molecule has 0 radical (unpaired) electrons. The van der Waals surface area contributed by atoms with E-state index in [1.54, 1.807) is 20.8 Å². The average Bonchev–Trinajstić information content (AvgIpc) is 2.69. The predicted molar refractivity (Wildman–Crippen MR) is 114 cm³/mol. The monoisotopic (exact) mass is 442 g/mol. The van der Waals surface area contributed by atoms with E-state index in [1.165, 1.54) is 6.42 Å². The lowest BCUT2D eigenvalue weighted by Gasteiger charge is -2.23. The van der Waals surface area contributed by atoms with E-state index < -0.39 is 17.9 Å². The van der Waals surface area contributed by atoms with Gasteiger partial charge in [0.25, 0.3) is 0 Å². The molecule has 3 unspecified atom stereocenters. The van der Waals surface area contributed by atoms with Crippen molar-refractivity contribution in [1.82, 2.24) is 0 Å². The van der Waals surface area contributed by atoms with Crippen molar-refractivity contribution in [3.63, 3.8) is 0 Å². The van der Waals surface area contributed by atoms with E-state index in [2.05, 4.69) is 16.4 Å². The van der Waals surface area contributed by atoms with Crippen LogP contribution in [-0.2, 0) is 38.2 Å². The van der Waals surface area contributed by atoms with Gasteiger partial charge in [-0.05, 0) is 58.3 Å². The second-order valence-corrected chi connectivity index (χ2v) is 7.84. The topological polar surface area (TPSA) is 113 Å². The first-order valence-corrected chi connectivity index (χ1v) is 11.2. The standard InChI is InChI=1S/C10H16O3.C7H12O.C6H10O4/c1-3-13-10(12)8-5-4-7(2)6-9(8)11;1-6-3-2-4-7(8)5-6;1-3-9-5(7)6(8)10-4-2/h7-8H,3-6H2,1-2H3;6H,2-5H2,1H3;3-4H2,1-2H3. The van der Waals surface area contributed by atoms with E-state index in [4.69, 9.17) is 4.74 Å². The highest BCUT2D eigenvalue weighted by atomic mass is 16.6. The third kappa shape index (κ3) is 12.9. The van der Waals surface area contributed by atoms with E-state index >= 15 is 0 Å². The van der Waals surface area contributed by atoms with Crippen molar-refractivity contribution >= 4 is 29.5 Å². The Morgan fingerprint density at radius 3 is 1.68 bits per heavy atom. The zero-order valence-corrected chi connectivity index (χ0v) is 19.6. The Morgan fingerprint density at radius 1 is 0.774 bits per heavy atom. The van der Waals surface area contributed by atoms with Crippen molar-refractivity contribution in [2.45, 2.75) is 79.6 Å². The highest BCUT2D eigenvalue weighted by Crippen LogP contribution is 2.26. The van der Waals surface area contributed by atoms with Gasteiger partial charge in [0, 0.05) is 19.3 Å². The van der Waals surface area contributed by atoms with Crippen LogP contribution in [0.25, 0.3) is 0 Å². The molecule has 3 atom stereocenters. The maximum atomic E-state index is 11.4. The molecule has 178 valence electrons. The van der Waals surface area contributed by atoms with Crippen LogP contribution in [0.3, 0.4) is 0 Å². The van der Waals surface area contributed by atoms with Crippen molar-refractivity contribution in [2.24, 2.45) is 17.8 Å². The molecular formula is C23H38O8. The molecule has 0 amide bonds. The predicted octanol–water partition coefficient (Wildman–Crippen LogP) is 3.43. The summed E-state index contributed by atoms with van der Waals surface area (Å²) < 4.78 is 13.5. The highest BCUT2D eigenvalue weighted by Gasteiger charge is 2.32. The van der Waals surface area contributed by atoms with Crippen LogP contribution in [0.5, 0.6) is 0 Å². The van der Waals surface area contributed by atoms with Crippen molar-refractivity contribution in [2.75, 3.05) is 19.8 Å². The third-order valence-corrected chi connectivity index (χ3v) is 4.90. The van der Waals surface area contributed by atoms with Crippen LogP contribution in [0.2, 0.25) is 0 Å². The van der Waals surface area contributed by atoms with Crippen molar-refractivity contribution in [3.8, 4) is 0 Å². The summed E-state index contributed by atoms with van der Waals surface area (Å²) in [6.45, 7) is 9.94. The molecule has 0 heterocycles. The van der Waals surface area contributed by atoms with E-state index in [1.807, 2.05) is 6.92 Å². The van der Waals surface area contributed by atoms with Gasteiger partial charge < -0.3 is 14.2 Å². The van der Waals surface area contributed by atoms with Gasteiger partial charge in [-0.25, -0.2) is 9.59 Å². The molecule has 2 aliphatic rings. The number of carbonyl (C=O) groups is 5. The summed E-state index contributed by atoms with van der Waals surface area (Å²) in [4.78, 5) is 54.2. The SMILES string of the molecule is CC1CCCC(=O)C1.CCOC(=O)C(=O)OCC.CCOC(=O)C1CCC(C)CC1=O. The molecule has 0 bridgehead atoms. The van der Waals surface area contributed by atoms with Gasteiger partial charge in [0.2, 0.25) is 0 Å². The largest absolute Gasteiger partial charge is 0.465 e. The smallest absolute Gasteiger partial charge is 0.417 e. The molecule has 0 aromatic rings. The minimum atomic E-state index is -0.927. The Morgan fingerprint density at radius 2 is 1.29 bits per heavy atom. The molecule has 0 spiro atoms. The summed E-state index contributed by atoms with van der Waals surface area (Å²) in [7, 11) is 0. The fraction of sp³-hybridized carbons (Fsp3) is 0.783. The molecule has 0 N–H and O–H groups in total. The summed E-state index contributed by atoms with van der Waals surface area (Å²) in [6.07, 6.45) is 6.20. The molecule has 0 aromatic carbocycles. The second-order valence-electron chi connectivity index (χ2n) is 7.84. The van der Waals surface area contributed by atoms with Gasteiger partial charge in [-0.1, -0.05) is 13.8 Å². The number of ether oxygens (including phenoxy) is 3. The molecule has 2 saturated carbocycles. The van der Waals surface area contributed by atoms with E-state index in [9.17, 15) is 24.0 Å². The summed E-state index contributed by atoms with van der Waals surface area (Å²) in [5.41, 5.74) is 0. The van der Waals surface area contributed by atoms with Crippen LogP contribution in [0.4, 0.5) is 0 Å². The molecule has 2 aliphatic carbocycles. The first kappa shape index (κ1) is 28.8. The van der Waals surface area contributed by atoms with Gasteiger partial charge in [0.05, 0.1) is 19.8 Å². The number of ketones is 2. The molecular weight excluding hydrogens is 404 g/mol. The van der Waals surface area contributed by atoms with Crippen molar-refractivity contribution < 1.29 is 38.2 Å². The summed E-state index contributed by atoms with van der Waals surface area (Å²) in [6, 6.07) is 0. The minimum absolute atomic E-state index is 0.0530. The van der Waals surface area contributed by atoms with Gasteiger partial charge in [0.1, 0.15) is 17.5 Å². The Kier molecular flexibility index (Phi) is 15.3. The van der Waals surface area contributed by atoms with E-state index in [-0.39, 0.29) is 25.0 Å². The van der Waals surface area contributed by atoms with Gasteiger partial charge in [-0.2, -0.15) is 0 Å². The van der Waals surface area contributed by atoms with Gasteiger partial charge >= 0.3 is 17.9 Å². The second kappa shape index (κ2) is 16.4. The molecule has 0 saturated heterocycles. The van der Waals surface area contributed by atoms with Crippen LogP contribution in [-0.4, -0.2) is 49.3 Å². The van der Waals surface area contributed by atoms with E-state index in [0.29, 0.717) is 37.1 Å². The van der Waals surface area contributed by atoms with E-state index in [0.717, 1.165) is 25.7 Å². The van der Waals surface area contributed by atoms with Crippen molar-refractivity contribution in [3.05, 3.63) is 0 Å². The number of rotatable bonds is 4. The lowest BCUT2D eigenvalue weighted by molar-refractivity contribution is -0.167. The van der Waals surface area contributed by atoms with Crippen LogP contribution in [0, 0.1) is 17.8 Å². The molecule has 2 rings (SSSR count). The lowest BCUT2D eigenvalue weighted by Crippen LogP contribution is -2.31. The first-order chi connectivity index (χ1) is 14.7. The quantitative estimate of drug-likeness (QED) is 0.282. The van der Waals surface area contributed by atoms with Crippen LogP contribution < -0.4 is 0 Å². The fourth-order valence-electron chi connectivity index (χ4n) is 3.31. The molecule has 0 aliphatic heterocycles. The summed E-state index contributed by atoms with van der Waals surface area (Å²) >= 11 is 0. The zero-order chi connectivity index (χ0) is 23.8. The molecule has 0 aromatic heterocycles. The van der Waals surface area contributed by atoms with Crippen LogP contribution >= 0.6 is 0 Å². The number of hydrogen-bond donors (Lipinski definition) is 0. The lowest BCUT2D eigenvalue weighted by atomic mass is 9.82.